The summed E-state index contributed by atoms with van der Waals surface area (Å²) in [5.41, 5.74) is 0. The van der Waals surface area contributed by atoms with E-state index < -0.39 is 0 Å². The van der Waals surface area contributed by atoms with Crippen molar-refractivity contribution in [3.63, 3.8) is 0 Å². The van der Waals surface area contributed by atoms with Gasteiger partial charge in [-0.25, -0.2) is 0 Å². The quantitative estimate of drug-likeness (QED) is 0.436. The Morgan fingerprint density at radius 2 is 2.08 bits per heavy atom. The second-order valence-corrected chi connectivity index (χ2v) is 2.79. The molecule has 0 aromatic rings. The smallest absolute Gasteiger partial charge is 0.110 e. The summed E-state index contributed by atoms with van der Waals surface area (Å²) >= 11 is 0. The molecule has 0 aliphatic carbocycles. The van der Waals surface area contributed by atoms with Crippen LogP contribution in [0.4, 0.5) is 0 Å². The number of rotatable bonds is 6. The molecule has 1 radical (unpaired) electrons. The molecule has 12 heavy (non-hydrogen) atoms. The molecule has 69 valence electrons. The summed E-state index contributed by atoms with van der Waals surface area (Å²) in [5.74, 6) is 2.98. The molecule has 1 nitrogen and oxygen atoms in total. The Balaban J connectivity index is 2.99. The Hall–Kier alpha value is -0.640. The minimum absolute atomic E-state index is 0.759. The van der Waals surface area contributed by atoms with Crippen LogP contribution in [0.15, 0.2) is 0 Å². The molecule has 0 saturated heterocycles. The molecule has 0 aliphatic rings. The van der Waals surface area contributed by atoms with Gasteiger partial charge in [0, 0.05) is 6.42 Å². The molecule has 0 atom stereocenters. The highest BCUT2D eigenvalue weighted by Gasteiger charge is 1.83. The van der Waals surface area contributed by atoms with E-state index in [0.29, 0.717) is 0 Å². The van der Waals surface area contributed by atoms with Crippen LogP contribution < -0.4 is 0 Å². The maximum absolute atomic E-state index is 5.09. The van der Waals surface area contributed by atoms with E-state index >= 15 is 0 Å². The van der Waals surface area contributed by atoms with Crippen LogP contribution in [0.5, 0.6) is 0 Å². The molecule has 0 fully saturated rings. The van der Waals surface area contributed by atoms with E-state index in [2.05, 4.69) is 25.9 Å². The van der Waals surface area contributed by atoms with E-state index in [1.54, 1.807) is 0 Å². The molecule has 0 heterocycles. The maximum atomic E-state index is 5.09. The number of unbranched alkanes of at least 4 members (excludes halogenated alkanes) is 4. The fraction of sp³-hybridized carbons (Fsp3) is 0.727. The van der Waals surface area contributed by atoms with Gasteiger partial charge in [0.2, 0.25) is 0 Å². The molecule has 0 unspecified atom stereocenters. The summed E-state index contributed by atoms with van der Waals surface area (Å²) in [6.07, 6.45) is 9.26. The Bertz CT molecular complexity index is 130. The van der Waals surface area contributed by atoms with Crippen LogP contribution in [0.3, 0.4) is 0 Å². The van der Waals surface area contributed by atoms with Gasteiger partial charge < -0.3 is 4.74 Å². The molecule has 1 heteroatoms. The standard InChI is InChI=1S/C11H19O/c1-3-5-7-9-11-12-10-8-6-4-2/h2-8,10H2,1H3. The lowest BCUT2D eigenvalue weighted by Crippen LogP contribution is -1.86. The molecule has 0 aliphatic heterocycles. The Kier molecular flexibility index (Phi) is 9.81. The van der Waals surface area contributed by atoms with Gasteiger partial charge in [0.1, 0.15) is 12.7 Å². The minimum atomic E-state index is 0.759. The molecular formula is C11H19O. The number of hydrogen-bond acceptors (Lipinski definition) is 1. The molecule has 0 amide bonds. The highest BCUT2D eigenvalue weighted by Crippen LogP contribution is 1.93. The van der Waals surface area contributed by atoms with Gasteiger partial charge in [-0.15, -0.1) is 0 Å². The highest BCUT2D eigenvalue weighted by molar-refractivity contribution is 4.90. The summed E-state index contributed by atoms with van der Waals surface area (Å²) in [4.78, 5) is 0. The van der Waals surface area contributed by atoms with E-state index in [0.717, 1.165) is 32.3 Å². The first-order valence-electron chi connectivity index (χ1n) is 4.80. The molecule has 0 aromatic heterocycles. The molecule has 0 rings (SSSR count). The van der Waals surface area contributed by atoms with Crippen molar-refractivity contribution < 1.29 is 4.74 Å². The van der Waals surface area contributed by atoms with Gasteiger partial charge in [-0.05, 0) is 12.8 Å². The first kappa shape index (κ1) is 11.4. The van der Waals surface area contributed by atoms with Gasteiger partial charge in [0.25, 0.3) is 0 Å². The fourth-order valence-electron chi connectivity index (χ4n) is 0.769. The topological polar surface area (TPSA) is 9.23 Å². The average molecular weight is 167 g/mol. The summed E-state index contributed by atoms with van der Waals surface area (Å²) in [7, 11) is 0. The molecule has 0 aromatic carbocycles. The third-order valence-corrected chi connectivity index (χ3v) is 1.55. The lowest BCUT2D eigenvalue weighted by atomic mass is 10.3. The van der Waals surface area contributed by atoms with Crippen LogP contribution in [0.1, 0.15) is 45.4 Å². The van der Waals surface area contributed by atoms with Crippen molar-refractivity contribution >= 4 is 0 Å². The van der Waals surface area contributed by atoms with Gasteiger partial charge in [-0.1, -0.05) is 39.0 Å². The highest BCUT2D eigenvalue weighted by atomic mass is 16.5. The van der Waals surface area contributed by atoms with E-state index in [4.69, 9.17) is 4.74 Å². The fourth-order valence-corrected chi connectivity index (χ4v) is 0.769. The molecular weight excluding hydrogens is 148 g/mol. The van der Waals surface area contributed by atoms with Gasteiger partial charge in [0.15, 0.2) is 0 Å². The van der Waals surface area contributed by atoms with Crippen LogP contribution in [-0.4, -0.2) is 6.61 Å². The zero-order valence-electron chi connectivity index (χ0n) is 8.07. The Morgan fingerprint density at radius 3 is 2.75 bits per heavy atom. The van der Waals surface area contributed by atoms with Crippen LogP contribution in [0.2, 0.25) is 0 Å². The predicted molar refractivity (Wildman–Crippen MR) is 52.5 cm³/mol. The van der Waals surface area contributed by atoms with Gasteiger partial charge in [-0.3, -0.25) is 0 Å². The first-order chi connectivity index (χ1) is 5.91. The van der Waals surface area contributed by atoms with E-state index in [9.17, 15) is 0 Å². The third-order valence-electron chi connectivity index (χ3n) is 1.55. The number of ether oxygens (including phenoxy) is 1. The van der Waals surface area contributed by atoms with Gasteiger partial charge >= 0.3 is 0 Å². The zero-order valence-corrected chi connectivity index (χ0v) is 8.07. The van der Waals surface area contributed by atoms with Crippen molar-refractivity contribution in [2.24, 2.45) is 0 Å². The van der Waals surface area contributed by atoms with Crippen LogP contribution in [0, 0.1) is 19.0 Å². The summed E-state index contributed by atoms with van der Waals surface area (Å²) < 4.78 is 5.09. The second-order valence-electron chi connectivity index (χ2n) is 2.79. The van der Waals surface area contributed by atoms with E-state index in [-0.39, 0.29) is 0 Å². The molecule has 0 spiro atoms. The normalized spacial score (nSPS) is 8.83. The maximum Gasteiger partial charge on any atom is 0.110 e. The van der Waals surface area contributed by atoms with Crippen molar-refractivity contribution in [3.8, 4) is 12.0 Å². The van der Waals surface area contributed by atoms with Gasteiger partial charge in [0.05, 0.1) is 0 Å². The SMILES string of the molecule is [CH2]CCCCOC#CCCCC. The zero-order chi connectivity index (χ0) is 9.07. The van der Waals surface area contributed by atoms with Gasteiger partial charge in [-0.2, -0.15) is 0 Å². The van der Waals surface area contributed by atoms with Crippen LogP contribution >= 0.6 is 0 Å². The van der Waals surface area contributed by atoms with E-state index in [1.165, 1.54) is 12.8 Å². The monoisotopic (exact) mass is 167 g/mol. The second kappa shape index (κ2) is 10.4. The first-order valence-corrected chi connectivity index (χ1v) is 4.80. The van der Waals surface area contributed by atoms with E-state index in [1.807, 2.05) is 0 Å². The molecule has 0 bridgehead atoms. The van der Waals surface area contributed by atoms with Crippen molar-refractivity contribution in [1.29, 1.82) is 0 Å². The Morgan fingerprint density at radius 1 is 1.25 bits per heavy atom. The van der Waals surface area contributed by atoms with Crippen LogP contribution in [-0.2, 0) is 4.74 Å². The largest absolute Gasteiger partial charge is 0.447 e. The van der Waals surface area contributed by atoms with Crippen molar-refractivity contribution in [1.82, 2.24) is 0 Å². The number of hydrogen-bond donors (Lipinski definition) is 0. The third kappa shape index (κ3) is 9.36. The lowest BCUT2D eigenvalue weighted by Gasteiger charge is -1.94. The predicted octanol–water partition coefficient (Wildman–Crippen LogP) is 3.16. The lowest BCUT2D eigenvalue weighted by molar-refractivity contribution is 0.268. The van der Waals surface area contributed by atoms with Crippen molar-refractivity contribution in [2.45, 2.75) is 45.4 Å². The Labute approximate surface area is 76.5 Å². The van der Waals surface area contributed by atoms with Crippen molar-refractivity contribution in [3.05, 3.63) is 6.92 Å². The summed E-state index contributed by atoms with van der Waals surface area (Å²) in [6.45, 7) is 6.67. The molecule has 0 N–H and O–H groups in total. The summed E-state index contributed by atoms with van der Waals surface area (Å²) in [5, 5.41) is 0. The van der Waals surface area contributed by atoms with Crippen molar-refractivity contribution in [2.75, 3.05) is 6.61 Å². The average Bonchev–Trinajstić information content (AvgIpc) is 2.10. The molecule has 0 saturated carbocycles. The van der Waals surface area contributed by atoms with Crippen LogP contribution in [0.25, 0.3) is 0 Å². The minimum Gasteiger partial charge on any atom is -0.447 e. The summed E-state index contributed by atoms with van der Waals surface area (Å²) in [6, 6.07) is 0.